The average molecular weight is 365 g/mol. The van der Waals surface area contributed by atoms with Gasteiger partial charge in [0.1, 0.15) is 0 Å². The normalized spacial score (nSPS) is 32.6. The van der Waals surface area contributed by atoms with Crippen molar-refractivity contribution in [3.8, 4) is 0 Å². The Balaban J connectivity index is 1.82. The minimum atomic E-state index is -1.59. The number of hydrogen-bond acceptors (Lipinski definition) is 2. The molecule has 1 saturated carbocycles. The quantitative estimate of drug-likeness (QED) is 0.275. The molecule has 0 N–H and O–H groups in total. The Labute approximate surface area is 157 Å². The van der Waals surface area contributed by atoms with Gasteiger partial charge in [0, 0.05) is 12.0 Å². The number of hydrogen-bond donors (Lipinski definition) is 0. The second-order valence-electron chi connectivity index (χ2n) is 9.60. The minimum Gasteiger partial charge on any atom is -0.417 e. The third-order valence-corrected chi connectivity index (χ3v) is 11.6. The number of unbranched alkanes of at least 4 members (excludes halogenated alkanes) is 1. The molecule has 1 aliphatic heterocycles. The van der Waals surface area contributed by atoms with Crippen molar-refractivity contribution < 1.29 is 9.16 Å². The first-order chi connectivity index (χ1) is 11.7. The van der Waals surface area contributed by atoms with Gasteiger partial charge in [0.15, 0.2) is 8.32 Å². The van der Waals surface area contributed by atoms with E-state index in [-0.39, 0.29) is 5.41 Å². The van der Waals surface area contributed by atoms with Crippen molar-refractivity contribution in [2.75, 3.05) is 19.8 Å². The fourth-order valence-electron chi connectivity index (χ4n) is 4.39. The summed E-state index contributed by atoms with van der Waals surface area (Å²) in [7, 11) is -1.59. The van der Waals surface area contributed by atoms with Gasteiger partial charge in [-0.25, -0.2) is 0 Å². The molecule has 1 heterocycles. The molecule has 1 aliphatic carbocycles. The van der Waals surface area contributed by atoms with Crippen molar-refractivity contribution >= 4 is 8.32 Å². The van der Waals surface area contributed by atoms with E-state index in [2.05, 4.69) is 65.6 Å². The van der Waals surface area contributed by atoms with Gasteiger partial charge in [0.2, 0.25) is 0 Å². The largest absolute Gasteiger partial charge is 0.417 e. The molecule has 2 fully saturated rings. The van der Waals surface area contributed by atoms with Gasteiger partial charge in [-0.2, -0.15) is 0 Å². The summed E-state index contributed by atoms with van der Waals surface area (Å²) in [6.07, 6.45) is 11.9. The lowest BCUT2D eigenvalue weighted by Gasteiger charge is -2.55. The SMILES string of the molecule is C=CC12COC[C@H]1[C@H](CCC)[C@@H]2/C=C/CCCO[Si](C)(C)C(C)(C)C. The fourth-order valence-corrected chi connectivity index (χ4v) is 5.48. The molecule has 2 nitrogen and oxygen atoms in total. The van der Waals surface area contributed by atoms with Crippen LogP contribution in [0.1, 0.15) is 53.4 Å². The first kappa shape index (κ1) is 20.9. The highest BCUT2D eigenvalue weighted by molar-refractivity contribution is 6.74. The van der Waals surface area contributed by atoms with E-state index in [4.69, 9.17) is 9.16 Å². The van der Waals surface area contributed by atoms with Gasteiger partial charge in [0.25, 0.3) is 0 Å². The maximum atomic E-state index is 6.28. The number of rotatable bonds is 9. The van der Waals surface area contributed by atoms with Crippen LogP contribution < -0.4 is 0 Å². The molecule has 1 saturated heterocycles. The molecule has 25 heavy (non-hydrogen) atoms. The smallest absolute Gasteiger partial charge is 0.191 e. The van der Waals surface area contributed by atoms with Crippen molar-refractivity contribution in [3.63, 3.8) is 0 Å². The summed E-state index contributed by atoms with van der Waals surface area (Å²) in [6, 6.07) is 0. The molecule has 0 amide bonds. The summed E-state index contributed by atoms with van der Waals surface area (Å²) in [6.45, 7) is 20.7. The van der Waals surface area contributed by atoms with Crippen molar-refractivity contribution in [2.24, 2.45) is 23.2 Å². The zero-order chi connectivity index (χ0) is 18.7. The summed E-state index contributed by atoms with van der Waals surface area (Å²) in [4.78, 5) is 0. The fraction of sp³-hybridized carbons (Fsp3) is 0.818. The van der Waals surface area contributed by atoms with Gasteiger partial charge in [-0.05, 0) is 55.1 Å². The Morgan fingerprint density at radius 3 is 2.64 bits per heavy atom. The van der Waals surface area contributed by atoms with Gasteiger partial charge in [0.05, 0.1) is 13.2 Å². The average Bonchev–Trinajstić information content (AvgIpc) is 2.90. The molecule has 0 aromatic heterocycles. The predicted molar refractivity (Wildman–Crippen MR) is 110 cm³/mol. The summed E-state index contributed by atoms with van der Waals surface area (Å²) < 4.78 is 12.1. The lowest BCUT2D eigenvalue weighted by molar-refractivity contribution is -0.0217. The highest BCUT2D eigenvalue weighted by Crippen LogP contribution is 2.62. The van der Waals surface area contributed by atoms with Crippen LogP contribution in [0.3, 0.4) is 0 Å². The standard InChI is InChI=1S/C22H40O2Si/c1-8-13-18-19(22(9-2)17-23-16-20(18)22)14-11-10-12-15-24-25(6,7)21(3,4)5/h9,11,14,18-20H,2,8,10,12-13,15-17H2,1,3-7H3/b14-11+/t18-,19+,20+,22?/m1/s1. The van der Waals surface area contributed by atoms with Crippen LogP contribution in [0.5, 0.6) is 0 Å². The van der Waals surface area contributed by atoms with E-state index in [0.717, 1.165) is 38.6 Å². The van der Waals surface area contributed by atoms with Crippen molar-refractivity contribution in [1.29, 1.82) is 0 Å². The highest BCUT2D eigenvalue weighted by atomic mass is 28.4. The van der Waals surface area contributed by atoms with Crippen LogP contribution in [0.4, 0.5) is 0 Å². The van der Waals surface area contributed by atoms with Crippen LogP contribution >= 0.6 is 0 Å². The lowest BCUT2D eigenvalue weighted by atomic mass is 9.47. The Bertz CT molecular complexity index is 477. The van der Waals surface area contributed by atoms with E-state index in [9.17, 15) is 0 Å². The Hall–Kier alpha value is -0.383. The molecule has 144 valence electrons. The van der Waals surface area contributed by atoms with Gasteiger partial charge in [-0.3, -0.25) is 0 Å². The van der Waals surface area contributed by atoms with Crippen LogP contribution in [0.15, 0.2) is 24.8 Å². The number of fused-ring (bicyclic) bond motifs is 1. The number of ether oxygens (including phenoxy) is 1. The molecule has 2 rings (SSSR count). The van der Waals surface area contributed by atoms with E-state index in [1.165, 1.54) is 12.8 Å². The number of allylic oxidation sites excluding steroid dienone is 2. The Morgan fingerprint density at radius 1 is 1.32 bits per heavy atom. The molecule has 1 unspecified atom stereocenters. The monoisotopic (exact) mass is 364 g/mol. The lowest BCUT2D eigenvalue weighted by Crippen LogP contribution is -2.54. The first-order valence-corrected chi connectivity index (χ1v) is 13.1. The van der Waals surface area contributed by atoms with E-state index in [1.54, 1.807) is 0 Å². The molecule has 0 aromatic carbocycles. The summed E-state index contributed by atoms with van der Waals surface area (Å²) >= 11 is 0. The maximum Gasteiger partial charge on any atom is 0.191 e. The van der Waals surface area contributed by atoms with Gasteiger partial charge < -0.3 is 9.16 Å². The third-order valence-electron chi connectivity index (χ3n) is 7.07. The van der Waals surface area contributed by atoms with Gasteiger partial charge in [-0.1, -0.05) is 52.3 Å². The zero-order valence-corrected chi connectivity index (χ0v) is 18.4. The molecule has 0 radical (unpaired) electrons. The van der Waals surface area contributed by atoms with Gasteiger partial charge in [-0.15, -0.1) is 6.58 Å². The first-order valence-electron chi connectivity index (χ1n) is 10.2. The van der Waals surface area contributed by atoms with Crippen molar-refractivity contribution in [1.82, 2.24) is 0 Å². The molecular formula is C22H40O2Si. The van der Waals surface area contributed by atoms with Crippen LogP contribution in [0.25, 0.3) is 0 Å². The van der Waals surface area contributed by atoms with E-state index in [1.807, 2.05) is 0 Å². The van der Waals surface area contributed by atoms with Gasteiger partial charge >= 0.3 is 0 Å². The Kier molecular flexibility index (Phi) is 6.78. The van der Waals surface area contributed by atoms with Crippen molar-refractivity contribution in [3.05, 3.63) is 24.8 Å². The van der Waals surface area contributed by atoms with Crippen LogP contribution in [0, 0.1) is 23.2 Å². The molecule has 2 aliphatic rings. The summed E-state index contributed by atoms with van der Waals surface area (Å²) in [5, 5.41) is 0.302. The molecule has 0 spiro atoms. The topological polar surface area (TPSA) is 18.5 Å². The van der Waals surface area contributed by atoms with Crippen LogP contribution in [-0.2, 0) is 9.16 Å². The second-order valence-corrected chi connectivity index (χ2v) is 14.4. The molecule has 0 aromatic rings. The predicted octanol–water partition coefficient (Wildman–Crippen LogP) is 6.21. The highest BCUT2D eigenvalue weighted by Gasteiger charge is 2.61. The summed E-state index contributed by atoms with van der Waals surface area (Å²) in [5.74, 6) is 2.10. The van der Waals surface area contributed by atoms with E-state index >= 15 is 0 Å². The van der Waals surface area contributed by atoms with Crippen LogP contribution in [-0.4, -0.2) is 28.1 Å². The zero-order valence-electron chi connectivity index (χ0n) is 17.4. The maximum absolute atomic E-state index is 6.28. The van der Waals surface area contributed by atoms with Crippen molar-refractivity contribution in [2.45, 2.75) is 71.5 Å². The molecule has 0 bridgehead atoms. The Morgan fingerprint density at radius 2 is 2.04 bits per heavy atom. The third kappa shape index (κ3) is 4.14. The minimum absolute atomic E-state index is 0.216. The summed E-state index contributed by atoms with van der Waals surface area (Å²) in [5.41, 5.74) is 0.216. The van der Waals surface area contributed by atoms with E-state index < -0.39 is 8.32 Å². The second kappa shape index (κ2) is 8.10. The van der Waals surface area contributed by atoms with E-state index in [0.29, 0.717) is 16.9 Å². The molecule has 3 heteroatoms. The molecule has 4 atom stereocenters. The molecular weight excluding hydrogens is 324 g/mol. The van der Waals surface area contributed by atoms with Crippen LogP contribution in [0.2, 0.25) is 18.1 Å².